The van der Waals surface area contributed by atoms with Crippen LogP contribution in [0.15, 0.2) is 110 Å². The predicted molar refractivity (Wildman–Crippen MR) is 225 cm³/mol. The minimum atomic E-state index is -1.00. The van der Waals surface area contributed by atoms with Crippen molar-refractivity contribution in [2.45, 2.75) is 25.9 Å². The minimum absolute atomic E-state index is 0. The number of fused-ring (bicyclic) bond motifs is 2. The van der Waals surface area contributed by atoms with E-state index in [1.165, 1.54) is 23.1 Å². The molecule has 2 aliphatic heterocycles. The Morgan fingerprint density at radius 3 is 1.50 bits per heavy atom. The first-order valence-electron chi connectivity index (χ1n) is 18.8. The molecule has 0 radical (unpaired) electrons. The van der Waals surface area contributed by atoms with Gasteiger partial charge in [-0.1, -0.05) is 36.4 Å². The Bertz CT molecular complexity index is 2090. The summed E-state index contributed by atoms with van der Waals surface area (Å²) in [5, 5.41) is 11.7. The number of carbonyl (C=O) groups excluding carboxylic acids is 1. The number of hydrogen-bond donors (Lipinski definition) is 3. The lowest BCUT2D eigenvalue weighted by Gasteiger charge is -2.34. The molecule has 14 heteroatoms. The molecule has 2 atom stereocenters. The number of anilines is 2. The SMILES string of the molecule is C[C@@H](N)c1ccc(N2CCN(C)CC2)cc1.C[C@@H](NC(=O)c1cn2ccccc2n1)c1ccc(N2CCN(C)CC2)cc1.Cl.O=C(O)c1cn2ccccc2n1. The van der Waals surface area contributed by atoms with Crippen LogP contribution in [0.1, 0.15) is 58.0 Å². The summed E-state index contributed by atoms with van der Waals surface area (Å²) in [6.07, 6.45) is 6.89. The van der Waals surface area contributed by atoms with Crippen LogP contribution in [-0.4, -0.2) is 112 Å². The lowest BCUT2D eigenvalue weighted by molar-refractivity contribution is 0.0691. The maximum atomic E-state index is 12.5. The zero-order chi connectivity index (χ0) is 38.9. The summed E-state index contributed by atoms with van der Waals surface area (Å²) in [4.78, 5) is 40.9. The first kappa shape index (κ1) is 41.7. The molecule has 2 aromatic carbocycles. The van der Waals surface area contributed by atoms with E-state index < -0.39 is 5.97 Å². The number of imidazole rings is 2. The van der Waals surface area contributed by atoms with E-state index in [2.05, 4.69) is 97.5 Å². The molecular formula is C42H53ClN10O3. The van der Waals surface area contributed by atoms with E-state index in [4.69, 9.17) is 10.8 Å². The highest BCUT2D eigenvalue weighted by atomic mass is 35.5. The van der Waals surface area contributed by atoms with E-state index in [1.54, 1.807) is 22.9 Å². The van der Waals surface area contributed by atoms with E-state index in [0.717, 1.165) is 63.6 Å². The van der Waals surface area contributed by atoms with Gasteiger partial charge in [0.15, 0.2) is 5.69 Å². The monoisotopic (exact) mass is 780 g/mol. The van der Waals surface area contributed by atoms with Crippen LogP contribution in [0.2, 0.25) is 0 Å². The Morgan fingerprint density at radius 1 is 0.643 bits per heavy atom. The molecule has 2 aliphatic rings. The summed E-state index contributed by atoms with van der Waals surface area (Å²) in [6, 6.07) is 28.3. The van der Waals surface area contributed by atoms with Crippen molar-refractivity contribution in [1.29, 1.82) is 0 Å². The third kappa shape index (κ3) is 10.8. The van der Waals surface area contributed by atoms with Gasteiger partial charge < -0.3 is 44.6 Å². The summed E-state index contributed by atoms with van der Waals surface area (Å²) in [5.74, 6) is -1.16. The van der Waals surface area contributed by atoms with Crippen LogP contribution < -0.4 is 20.9 Å². The van der Waals surface area contributed by atoms with Gasteiger partial charge in [0.1, 0.15) is 17.0 Å². The second-order valence-electron chi connectivity index (χ2n) is 14.2. The number of likely N-dealkylation sites (N-methyl/N-ethyl adjacent to an activating group) is 2. The number of nitrogens with two attached hydrogens (primary N) is 1. The van der Waals surface area contributed by atoms with Crippen LogP contribution in [0.4, 0.5) is 11.4 Å². The third-order valence-electron chi connectivity index (χ3n) is 10.1. The molecule has 6 aromatic rings. The molecule has 4 aromatic heterocycles. The summed E-state index contributed by atoms with van der Waals surface area (Å²) in [6.45, 7) is 12.8. The number of halogens is 1. The van der Waals surface area contributed by atoms with E-state index in [-0.39, 0.29) is 36.1 Å². The standard InChI is InChI=1S/C21H25N5O.C13H21N3.C8H6N2O2.ClH/c1-16(22-21(27)19-15-26-10-4-3-5-20(26)23-19)17-6-8-18(9-7-17)25-13-11-24(2)12-14-25;1-11(14)12-3-5-13(6-4-12)16-9-7-15(2)8-10-16;11-8(12)6-5-10-4-2-1-3-7(10)9-6;/h3-10,15-16H,11-14H2,1-2H3,(H,22,27);3-6,11H,7-10,14H2,1-2H3;1-5H,(H,11,12);1H/t16-;11-;;/m11../s1. The number of carboxylic acid groups (broad SMARTS) is 1. The van der Waals surface area contributed by atoms with Crippen LogP contribution in [-0.2, 0) is 0 Å². The molecule has 1 amide bonds. The summed E-state index contributed by atoms with van der Waals surface area (Å²) in [5.41, 5.74) is 12.6. The molecule has 0 spiro atoms. The number of amides is 1. The highest BCUT2D eigenvalue weighted by Crippen LogP contribution is 2.22. The van der Waals surface area contributed by atoms with Crippen LogP contribution in [0.25, 0.3) is 11.3 Å². The maximum Gasteiger partial charge on any atom is 0.356 e. The molecule has 13 nitrogen and oxygen atoms in total. The Kier molecular flexibility index (Phi) is 14.4. The number of nitrogens with zero attached hydrogens (tertiary/aromatic N) is 8. The fourth-order valence-electron chi connectivity index (χ4n) is 6.53. The number of benzene rings is 2. The molecule has 56 heavy (non-hydrogen) atoms. The van der Waals surface area contributed by atoms with Crippen LogP contribution >= 0.6 is 12.4 Å². The van der Waals surface area contributed by atoms with E-state index in [1.807, 2.05) is 54.8 Å². The molecule has 4 N–H and O–H groups in total. The molecule has 2 fully saturated rings. The fourth-order valence-corrected chi connectivity index (χ4v) is 6.53. The van der Waals surface area contributed by atoms with Crippen molar-refractivity contribution in [3.63, 3.8) is 0 Å². The molecule has 6 heterocycles. The Morgan fingerprint density at radius 2 is 1.07 bits per heavy atom. The Balaban J connectivity index is 0.000000175. The van der Waals surface area contributed by atoms with Crippen molar-refractivity contribution < 1.29 is 14.7 Å². The number of rotatable bonds is 7. The number of carbonyl (C=O) groups is 2. The van der Waals surface area contributed by atoms with Crippen molar-refractivity contribution in [3.8, 4) is 0 Å². The van der Waals surface area contributed by atoms with Gasteiger partial charge in [0.25, 0.3) is 5.91 Å². The van der Waals surface area contributed by atoms with Gasteiger partial charge in [0.2, 0.25) is 0 Å². The zero-order valence-electron chi connectivity index (χ0n) is 32.5. The first-order chi connectivity index (χ1) is 26.5. The number of nitrogens with one attached hydrogen (secondary N) is 1. The number of carboxylic acids is 1. The van der Waals surface area contributed by atoms with Gasteiger partial charge in [0.05, 0.1) is 6.04 Å². The largest absolute Gasteiger partial charge is 0.476 e. The normalized spacial score (nSPS) is 15.8. The molecule has 0 saturated carbocycles. The molecule has 296 valence electrons. The van der Waals surface area contributed by atoms with Crippen LogP contribution in [0.5, 0.6) is 0 Å². The highest BCUT2D eigenvalue weighted by Gasteiger charge is 2.18. The number of aromatic carboxylic acids is 1. The van der Waals surface area contributed by atoms with Gasteiger partial charge in [-0.15, -0.1) is 12.4 Å². The molecule has 2 saturated heterocycles. The molecule has 0 aliphatic carbocycles. The lowest BCUT2D eigenvalue weighted by atomic mass is 10.1. The lowest BCUT2D eigenvalue weighted by Crippen LogP contribution is -2.44. The average molecular weight is 781 g/mol. The van der Waals surface area contributed by atoms with Crippen molar-refractivity contribution in [2.24, 2.45) is 5.73 Å². The highest BCUT2D eigenvalue weighted by molar-refractivity contribution is 5.93. The van der Waals surface area contributed by atoms with E-state index in [9.17, 15) is 9.59 Å². The van der Waals surface area contributed by atoms with Crippen LogP contribution in [0, 0.1) is 0 Å². The smallest absolute Gasteiger partial charge is 0.356 e. The summed E-state index contributed by atoms with van der Waals surface area (Å²) < 4.78 is 3.52. The van der Waals surface area contributed by atoms with E-state index >= 15 is 0 Å². The number of aromatic nitrogens is 4. The van der Waals surface area contributed by atoms with Crippen molar-refractivity contribution in [1.82, 2.24) is 33.9 Å². The summed E-state index contributed by atoms with van der Waals surface area (Å²) in [7, 11) is 4.34. The second kappa shape index (κ2) is 19.4. The zero-order valence-corrected chi connectivity index (χ0v) is 33.3. The van der Waals surface area contributed by atoms with Crippen molar-refractivity contribution >= 4 is 47.0 Å². The van der Waals surface area contributed by atoms with Gasteiger partial charge in [-0.05, 0) is 87.6 Å². The van der Waals surface area contributed by atoms with Crippen molar-refractivity contribution in [2.75, 3.05) is 76.3 Å². The molecule has 8 rings (SSSR count). The number of pyridine rings is 2. The Labute approximate surface area is 334 Å². The van der Waals surface area contributed by atoms with Gasteiger partial charge in [0, 0.05) is 94.6 Å². The topological polar surface area (TPSA) is 140 Å². The summed E-state index contributed by atoms with van der Waals surface area (Å²) >= 11 is 0. The third-order valence-corrected chi connectivity index (χ3v) is 10.1. The molecule has 0 bridgehead atoms. The first-order valence-corrected chi connectivity index (χ1v) is 18.8. The van der Waals surface area contributed by atoms with Gasteiger partial charge in [-0.2, -0.15) is 0 Å². The fraction of sp³-hybridized carbons (Fsp3) is 0.333. The Hall–Kier alpha value is -5.47. The second-order valence-corrected chi connectivity index (χ2v) is 14.2. The van der Waals surface area contributed by atoms with Gasteiger partial charge in [-0.25, -0.2) is 14.8 Å². The number of piperazine rings is 2. The quantitative estimate of drug-likeness (QED) is 0.191. The number of hydrogen-bond acceptors (Lipinski definition) is 9. The molecular weight excluding hydrogens is 728 g/mol. The van der Waals surface area contributed by atoms with Gasteiger partial charge in [-0.3, -0.25) is 4.79 Å². The maximum absolute atomic E-state index is 12.5. The van der Waals surface area contributed by atoms with E-state index in [0.29, 0.717) is 11.3 Å². The molecule has 0 unspecified atom stereocenters. The van der Waals surface area contributed by atoms with Crippen LogP contribution in [0.3, 0.4) is 0 Å². The minimum Gasteiger partial charge on any atom is -0.476 e. The van der Waals surface area contributed by atoms with Crippen molar-refractivity contribution in [3.05, 3.63) is 132 Å². The predicted octanol–water partition coefficient (Wildman–Crippen LogP) is 5.49. The van der Waals surface area contributed by atoms with Gasteiger partial charge >= 0.3 is 5.97 Å². The average Bonchev–Trinajstić information content (AvgIpc) is 3.85.